The second-order valence-corrected chi connectivity index (χ2v) is 10.2. The first kappa shape index (κ1) is 17.5. The zero-order valence-electron chi connectivity index (χ0n) is 32.4. The smallest absolute Gasteiger partial charge is 0.114 e. The van der Waals surface area contributed by atoms with Crippen molar-refractivity contribution in [3.05, 3.63) is 114 Å². The maximum atomic E-state index is 8.90. The zero-order chi connectivity index (χ0) is 36.0. The van der Waals surface area contributed by atoms with E-state index in [9.17, 15) is 0 Å². The van der Waals surface area contributed by atoms with Gasteiger partial charge in [-0.15, -0.1) is 59.7 Å². The largest absolute Gasteiger partial charge is 0.304 e. The molecule has 2 aromatic carbocycles. The van der Waals surface area contributed by atoms with Gasteiger partial charge in [0.25, 0.3) is 0 Å². The number of thiophene rings is 1. The van der Waals surface area contributed by atoms with Crippen molar-refractivity contribution in [1.29, 1.82) is 0 Å². The second kappa shape index (κ2) is 13.0. The average Bonchev–Trinajstić information content (AvgIpc) is 3.45. The van der Waals surface area contributed by atoms with E-state index in [4.69, 9.17) is 20.1 Å². The molecule has 0 atom stereocenters. The molecule has 3 nitrogen and oxygen atoms in total. The Bertz CT molecular complexity index is 2200. The summed E-state index contributed by atoms with van der Waals surface area (Å²) in [5.74, 6) is -0.640. The third-order valence-electron chi connectivity index (χ3n) is 6.60. The van der Waals surface area contributed by atoms with E-state index in [0.29, 0.717) is 11.1 Å². The molecule has 1 fully saturated rings. The Morgan fingerprint density at radius 1 is 0.850 bits per heavy atom. The molecule has 5 heteroatoms. The minimum atomic E-state index is -2.49. The molecule has 4 aromatic heterocycles. The Labute approximate surface area is 269 Å². The fraction of sp³-hybridized carbons (Fsp3) is 0.229. The minimum Gasteiger partial charge on any atom is -0.304 e. The maximum Gasteiger partial charge on any atom is 0.114 e. The minimum absolute atomic E-state index is 0. The fourth-order valence-electron chi connectivity index (χ4n) is 4.67. The van der Waals surface area contributed by atoms with Crippen LogP contribution < -0.4 is 0 Å². The van der Waals surface area contributed by atoms with E-state index in [0.717, 1.165) is 57.9 Å². The molecule has 1 radical (unpaired) electrons. The normalized spacial score (nSPS) is 18.9. The topological polar surface area (TPSA) is 38.7 Å². The van der Waals surface area contributed by atoms with E-state index in [1.807, 2.05) is 18.2 Å². The molecule has 40 heavy (non-hydrogen) atoms. The van der Waals surface area contributed by atoms with Gasteiger partial charge in [-0.3, -0.25) is 0 Å². The van der Waals surface area contributed by atoms with Crippen molar-refractivity contribution < 1.29 is 35.2 Å². The molecule has 1 aliphatic rings. The predicted molar refractivity (Wildman–Crippen MR) is 163 cm³/mol. The molecule has 7 rings (SSSR count). The Morgan fingerprint density at radius 3 is 2.38 bits per heavy atom. The summed E-state index contributed by atoms with van der Waals surface area (Å²) >= 11 is 1.46. The van der Waals surface area contributed by atoms with Gasteiger partial charge in [0.1, 0.15) is 4.83 Å². The summed E-state index contributed by atoms with van der Waals surface area (Å²) in [5, 5.41) is 1.92. The molecule has 0 bridgehead atoms. The molecule has 0 N–H and O–H groups in total. The summed E-state index contributed by atoms with van der Waals surface area (Å²) in [6, 6.07) is 19.6. The molecule has 1 saturated carbocycles. The van der Waals surface area contributed by atoms with Gasteiger partial charge in [0.05, 0.1) is 5.48 Å². The quantitative estimate of drug-likeness (QED) is 0.171. The van der Waals surface area contributed by atoms with Crippen LogP contribution >= 0.6 is 11.3 Å². The van der Waals surface area contributed by atoms with E-state index >= 15 is 0 Å². The van der Waals surface area contributed by atoms with Crippen molar-refractivity contribution >= 4 is 31.6 Å². The molecule has 1 aliphatic carbocycles. The third-order valence-corrected chi connectivity index (χ3v) is 7.73. The van der Waals surface area contributed by atoms with Gasteiger partial charge in [-0.25, -0.2) is 4.98 Å². The van der Waals surface area contributed by atoms with Crippen molar-refractivity contribution in [2.75, 3.05) is 0 Å². The van der Waals surface area contributed by atoms with Crippen molar-refractivity contribution in [1.82, 2.24) is 15.0 Å². The number of fused-ring (bicyclic) bond motifs is 3. The van der Waals surface area contributed by atoms with Gasteiger partial charge < -0.3 is 9.97 Å². The maximum absolute atomic E-state index is 8.90. The average molecular weight is 729 g/mol. The van der Waals surface area contributed by atoms with Gasteiger partial charge in [0.15, 0.2) is 0 Å². The number of benzene rings is 2. The number of aromatic nitrogens is 3. The van der Waals surface area contributed by atoms with Crippen LogP contribution in [0.3, 0.4) is 0 Å². The number of nitrogens with zero attached hydrogens (tertiary/aromatic N) is 3. The molecule has 0 saturated heterocycles. The Morgan fingerprint density at radius 2 is 1.62 bits per heavy atom. The standard InChI is InChI=1S/C23H21N2S.C12H10N.Ir/c1-15-10-12-21(24-14-15)19-9-5-8-17-18-11-13-20(16-6-3-2-4-7-16)25-23(18)26-22(17)19;1-10-7-8-12(13-9-10)11-5-3-2-4-6-11;/h5,8,10-14,16H,2-4,6-7H2,1H3;2-5,7-9H,1H3;/q2*-1;/i1D3,10D,12D,16D;1D3,7D,8D;. The van der Waals surface area contributed by atoms with Gasteiger partial charge in [-0.05, 0) is 65.2 Å². The Balaban J connectivity index is 0.000000226. The number of rotatable bonds is 3. The van der Waals surface area contributed by atoms with Crippen molar-refractivity contribution in [3.63, 3.8) is 0 Å². The summed E-state index contributed by atoms with van der Waals surface area (Å²) in [4.78, 5) is 13.9. The van der Waals surface area contributed by atoms with Crippen LogP contribution in [0.2, 0.25) is 0 Å². The van der Waals surface area contributed by atoms with E-state index in [-0.39, 0.29) is 66.8 Å². The third kappa shape index (κ3) is 6.23. The molecule has 6 aromatic rings. The fourth-order valence-corrected chi connectivity index (χ4v) is 5.85. The molecule has 0 amide bonds. The van der Waals surface area contributed by atoms with Gasteiger partial charge in [-0.1, -0.05) is 54.9 Å². The first-order valence-electron chi connectivity index (χ1n) is 18.3. The van der Waals surface area contributed by atoms with Crippen molar-refractivity contribution in [2.45, 2.75) is 51.7 Å². The number of pyridine rings is 3. The van der Waals surface area contributed by atoms with Crippen LogP contribution in [0.25, 0.3) is 42.8 Å². The van der Waals surface area contributed by atoms with Crippen LogP contribution in [0, 0.1) is 25.8 Å². The van der Waals surface area contributed by atoms with E-state index < -0.39 is 19.6 Å². The molecule has 0 aliphatic heterocycles. The molecule has 4 heterocycles. The van der Waals surface area contributed by atoms with Gasteiger partial charge in [-0.2, -0.15) is 11.3 Å². The van der Waals surface area contributed by atoms with E-state index in [1.54, 1.807) is 30.3 Å². The monoisotopic (exact) mass is 729 g/mol. The SMILES string of the molecule is [2H]c1c(C([2H])([2H])[2H])cnc(-c2[c-]ccc3c2sc2nc(C4([2H])CCCCC4)ccc23)c1[2H].[2H]c1c(C([2H])([2H])[2H])cnc(-c2[c-]cccc2)c1[2H].[Ir]. The molecule has 0 unspecified atom stereocenters. The summed E-state index contributed by atoms with van der Waals surface area (Å²) < 4.78 is 86.4. The van der Waals surface area contributed by atoms with Crippen LogP contribution in [0.4, 0.5) is 0 Å². The first-order chi connectivity index (χ1) is 23.6. The molecule has 0 spiro atoms. The van der Waals surface area contributed by atoms with Gasteiger partial charge >= 0.3 is 0 Å². The van der Waals surface area contributed by atoms with Crippen LogP contribution in [0.15, 0.2) is 85.1 Å². The van der Waals surface area contributed by atoms with Crippen molar-refractivity contribution in [3.8, 4) is 22.5 Å². The molecule has 203 valence electrons. The zero-order valence-corrected chi connectivity index (χ0v) is 24.6. The van der Waals surface area contributed by atoms with Gasteiger partial charge in [0.2, 0.25) is 0 Å². The summed E-state index contributed by atoms with van der Waals surface area (Å²) in [5.41, 5.74) is 2.03. The Kier molecular flexibility index (Phi) is 5.68. The summed E-state index contributed by atoms with van der Waals surface area (Å²) in [7, 11) is 0. The summed E-state index contributed by atoms with van der Waals surface area (Å²) in [6.45, 7) is -4.91. The van der Waals surface area contributed by atoms with Crippen LogP contribution in [-0.4, -0.2) is 15.0 Å². The van der Waals surface area contributed by atoms with Crippen LogP contribution in [-0.2, 0) is 20.1 Å². The number of hydrogen-bond donors (Lipinski definition) is 0. The first-order valence-corrected chi connectivity index (χ1v) is 13.6. The number of hydrogen-bond acceptors (Lipinski definition) is 4. The molecular formula is C35H31IrN3S-2. The van der Waals surface area contributed by atoms with Crippen molar-refractivity contribution in [2.24, 2.45) is 0 Å². The van der Waals surface area contributed by atoms with Crippen LogP contribution in [0.5, 0.6) is 0 Å². The van der Waals surface area contributed by atoms with E-state index in [2.05, 4.69) is 22.1 Å². The Hall–Kier alpha value is -3.24. The second-order valence-electron chi connectivity index (χ2n) is 9.23. The number of aryl methyl sites for hydroxylation is 2. The van der Waals surface area contributed by atoms with Crippen LogP contribution in [0.1, 0.15) is 69.9 Å². The summed E-state index contributed by atoms with van der Waals surface area (Å²) in [6.07, 6.45) is 7.23. The molecular weight excluding hydrogens is 687 g/mol. The van der Waals surface area contributed by atoms with Gasteiger partial charge in [0, 0.05) is 53.7 Å². The predicted octanol–water partition coefficient (Wildman–Crippen LogP) is 9.52. The van der Waals surface area contributed by atoms with E-state index in [1.165, 1.54) is 24.0 Å².